The molecule has 2 aliphatic rings. The summed E-state index contributed by atoms with van der Waals surface area (Å²) >= 11 is 10.0. The van der Waals surface area contributed by atoms with Gasteiger partial charge in [0.05, 0.1) is 23.2 Å². The van der Waals surface area contributed by atoms with Crippen molar-refractivity contribution in [2.75, 3.05) is 45.3 Å². The third-order valence-corrected chi connectivity index (χ3v) is 8.08. The van der Waals surface area contributed by atoms with Crippen molar-refractivity contribution in [1.29, 1.82) is 0 Å². The minimum Gasteiger partial charge on any atom is -0.465 e. The number of ether oxygens (including phenoxy) is 2. The fourth-order valence-electron chi connectivity index (χ4n) is 4.94. The summed E-state index contributed by atoms with van der Waals surface area (Å²) in [6.45, 7) is 5.91. The van der Waals surface area contributed by atoms with Gasteiger partial charge >= 0.3 is 5.97 Å². The molecule has 1 saturated heterocycles. The highest BCUT2D eigenvalue weighted by atomic mass is 79.9. The van der Waals surface area contributed by atoms with E-state index in [1.807, 2.05) is 43.5 Å². The van der Waals surface area contributed by atoms with Gasteiger partial charge in [-0.25, -0.2) is 4.79 Å². The number of piperazine rings is 1. The Morgan fingerprint density at radius 2 is 1.82 bits per heavy atom. The number of anilines is 1. The maximum atomic E-state index is 11.7. The normalized spacial score (nSPS) is 23.8. The van der Waals surface area contributed by atoms with Gasteiger partial charge in [-0.2, -0.15) is 0 Å². The summed E-state index contributed by atoms with van der Waals surface area (Å²) in [5, 5.41) is 0.765. The maximum Gasteiger partial charge on any atom is 0.337 e. The van der Waals surface area contributed by atoms with Crippen LogP contribution in [0.15, 0.2) is 54.1 Å². The first kappa shape index (κ1) is 25.2. The average Bonchev–Trinajstić information content (AvgIpc) is 2.85. The Morgan fingerprint density at radius 3 is 2.44 bits per heavy atom. The van der Waals surface area contributed by atoms with Crippen LogP contribution in [0.1, 0.15) is 42.1 Å². The van der Waals surface area contributed by atoms with Crippen molar-refractivity contribution in [3.8, 4) is 0 Å². The van der Waals surface area contributed by atoms with Gasteiger partial charge in [-0.15, -0.1) is 0 Å². The molecule has 1 aliphatic carbocycles. The monoisotopic (exact) mass is 546 g/mol. The van der Waals surface area contributed by atoms with Crippen LogP contribution in [0.3, 0.4) is 0 Å². The van der Waals surface area contributed by atoms with Crippen molar-refractivity contribution in [2.45, 2.75) is 36.7 Å². The predicted octanol–water partition coefficient (Wildman–Crippen LogP) is 6.01. The molecule has 1 heterocycles. The minimum absolute atomic E-state index is 0.123. The summed E-state index contributed by atoms with van der Waals surface area (Å²) in [4.78, 5) is 16.8. The summed E-state index contributed by atoms with van der Waals surface area (Å²) in [5.41, 5.74) is 5.68. The van der Waals surface area contributed by atoms with Gasteiger partial charge in [0.25, 0.3) is 0 Å². The molecule has 2 atom stereocenters. The summed E-state index contributed by atoms with van der Waals surface area (Å²) in [7, 11) is 3.23. The number of carbonyl (C=O) groups is 1. The first-order valence-electron chi connectivity index (χ1n) is 11.7. The number of esters is 1. The lowest BCUT2D eigenvalue weighted by molar-refractivity contribution is -0.00393. The number of benzene rings is 2. The molecule has 5 nitrogen and oxygen atoms in total. The Labute approximate surface area is 215 Å². The summed E-state index contributed by atoms with van der Waals surface area (Å²) < 4.78 is 10.7. The number of hydrogen-bond donors (Lipinski definition) is 0. The highest BCUT2D eigenvalue weighted by Crippen LogP contribution is 2.40. The predicted molar refractivity (Wildman–Crippen MR) is 142 cm³/mol. The van der Waals surface area contributed by atoms with Crippen LogP contribution < -0.4 is 4.90 Å². The van der Waals surface area contributed by atoms with Crippen LogP contribution in [0.4, 0.5) is 5.69 Å². The molecule has 34 heavy (non-hydrogen) atoms. The zero-order valence-electron chi connectivity index (χ0n) is 20.0. The van der Waals surface area contributed by atoms with E-state index in [-0.39, 0.29) is 16.5 Å². The lowest BCUT2D eigenvalue weighted by atomic mass is 9.79. The fourth-order valence-corrected chi connectivity index (χ4v) is 5.92. The van der Waals surface area contributed by atoms with Gasteiger partial charge in [0.2, 0.25) is 0 Å². The van der Waals surface area contributed by atoms with E-state index in [2.05, 4.69) is 44.8 Å². The number of carbonyl (C=O) groups excluding carboxylic acids is 1. The SMILES string of the molecule is COC(=O)c1ccc(N2CCN(CC3=C(c4ccc(Cl)cc4)CCC(C)(OC)C3)CC2Br)cc1. The third-order valence-electron chi connectivity index (χ3n) is 7.04. The molecule has 0 amide bonds. The highest BCUT2D eigenvalue weighted by Gasteiger charge is 2.33. The Kier molecular flexibility index (Phi) is 8.03. The molecule has 0 N–H and O–H groups in total. The van der Waals surface area contributed by atoms with Crippen molar-refractivity contribution in [1.82, 2.24) is 4.90 Å². The molecule has 0 saturated carbocycles. The van der Waals surface area contributed by atoms with Crippen LogP contribution in [0.2, 0.25) is 5.02 Å². The molecule has 7 heteroatoms. The molecule has 0 radical (unpaired) electrons. The molecule has 4 rings (SSSR count). The van der Waals surface area contributed by atoms with E-state index < -0.39 is 0 Å². The van der Waals surface area contributed by atoms with Crippen LogP contribution in [0.5, 0.6) is 0 Å². The second-order valence-electron chi connectivity index (χ2n) is 9.32. The Morgan fingerprint density at radius 1 is 1.12 bits per heavy atom. The number of allylic oxidation sites excluding steroid dienone is 1. The molecular formula is C27H32BrClN2O3. The van der Waals surface area contributed by atoms with Gasteiger partial charge in [0.1, 0.15) is 0 Å². The zero-order chi connectivity index (χ0) is 24.3. The van der Waals surface area contributed by atoms with Crippen molar-refractivity contribution in [3.05, 3.63) is 70.3 Å². The number of nitrogens with zero attached hydrogens (tertiary/aromatic N) is 2. The quantitative estimate of drug-likeness (QED) is 0.252. The molecular weight excluding hydrogens is 516 g/mol. The summed E-state index contributed by atoms with van der Waals surface area (Å²) in [6, 6.07) is 15.8. The van der Waals surface area contributed by atoms with Crippen LogP contribution >= 0.6 is 27.5 Å². The molecule has 182 valence electrons. The summed E-state index contributed by atoms with van der Waals surface area (Å²) in [6.07, 6.45) is 2.95. The lowest BCUT2D eigenvalue weighted by Gasteiger charge is -2.42. The highest BCUT2D eigenvalue weighted by molar-refractivity contribution is 9.09. The molecule has 0 bridgehead atoms. The second kappa shape index (κ2) is 10.8. The standard InChI is InChI=1S/C27H32BrClN2O3/c1-27(34-3)13-12-24(19-4-8-22(29)9-5-19)21(16-27)17-30-14-15-31(25(28)18-30)23-10-6-20(7-11-23)26(32)33-2/h4-11,25H,12-18H2,1-3H3. The molecule has 0 spiro atoms. The van der Waals surface area contributed by atoms with Crippen LogP contribution in [0.25, 0.3) is 5.57 Å². The first-order valence-corrected chi connectivity index (χ1v) is 12.9. The van der Waals surface area contributed by atoms with E-state index in [1.165, 1.54) is 23.8 Å². The Hall–Kier alpha value is -1.86. The van der Waals surface area contributed by atoms with Crippen LogP contribution in [-0.4, -0.2) is 61.8 Å². The number of halogens is 2. The van der Waals surface area contributed by atoms with E-state index in [0.29, 0.717) is 5.56 Å². The minimum atomic E-state index is -0.313. The maximum absolute atomic E-state index is 11.7. The topological polar surface area (TPSA) is 42.0 Å². The Balaban J connectivity index is 1.49. The molecule has 1 fully saturated rings. The van der Waals surface area contributed by atoms with Crippen molar-refractivity contribution >= 4 is 44.8 Å². The number of alkyl halides is 1. The van der Waals surface area contributed by atoms with Crippen LogP contribution in [0, 0.1) is 0 Å². The van der Waals surface area contributed by atoms with Gasteiger partial charge in [-0.1, -0.05) is 39.7 Å². The number of rotatable bonds is 6. The van der Waals surface area contributed by atoms with Crippen molar-refractivity contribution in [3.63, 3.8) is 0 Å². The Bertz CT molecular complexity index is 1040. The van der Waals surface area contributed by atoms with E-state index in [4.69, 9.17) is 21.1 Å². The van der Waals surface area contributed by atoms with Gasteiger partial charge in [0.15, 0.2) is 0 Å². The van der Waals surface area contributed by atoms with E-state index >= 15 is 0 Å². The second-order valence-corrected chi connectivity index (χ2v) is 10.8. The van der Waals surface area contributed by atoms with Crippen molar-refractivity contribution in [2.24, 2.45) is 0 Å². The van der Waals surface area contributed by atoms with Gasteiger partial charge in [-0.05, 0) is 79.3 Å². The average molecular weight is 548 g/mol. The zero-order valence-corrected chi connectivity index (χ0v) is 22.4. The smallest absolute Gasteiger partial charge is 0.337 e. The fraction of sp³-hybridized carbons (Fsp3) is 0.444. The molecule has 0 aromatic heterocycles. The van der Waals surface area contributed by atoms with Gasteiger partial charge in [0, 0.05) is 44.0 Å². The molecule has 2 aromatic carbocycles. The lowest BCUT2D eigenvalue weighted by Crippen LogP contribution is -2.51. The molecule has 1 aliphatic heterocycles. The largest absolute Gasteiger partial charge is 0.465 e. The first-order chi connectivity index (χ1) is 16.3. The molecule has 2 aromatic rings. The van der Waals surface area contributed by atoms with E-state index in [1.54, 1.807) is 0 Å². The van der Waals surface area contributed by atoms with E-state index in [9.17, 15) is 4.79 Å². The number of methoxy groups -OCH3 is 2. The van der Waals surface area contributed by atoms with Gasteiger partial charge < -0.3 is 14.4 Å². The van der Waals surface area contributed by atoms with Crippen LogP contribution in [-0.2, 0) is 9.47 Å². The summed E-state index contributed by atoms with van der Waals surface area (Å²) in [5.74, 6) is -0.313. The van der Waals surface area contributed by atoms with Gasteiger partial charge in [-0.3, -0.25) is 4.90 Å². The van der Waals surface area contributed by atoms with E-state index in [0.717, 1.165) is 56.2 Å². The molecule has 2 unspecified atom stereocenters. The van der Waals surface area contributed by atoms with Crippen molar-refractivity contribution < 1.29 is 14.3 Å². The number of hydrogen-bond acceptors (Lipinski definition) is 5. The third kappa shape index (κ3) is 5.68.